The highest BCUT2D eigenvalue weighted by Crippen LogP contribution is 2.21. The third kappa shape index (κ3) is 3.37. The molecule has 0 aromatic heterocycles. The van der Waals surface area contributed by atoms with Gasteiger partial charge in [-0.25, -0.2) is 4.79 Å². The van der Waals surface area contributed by atoms with Gasteiger partial charge in [-0.15, -0.1) is 0 Å². The number of nitrogens with one attached hydrogen (secondary N) is 1. The smallest absolute Gasteiger partial charge is 0.319 e. The monoisotopic (exact) mass is 253 g/mol. The molecule has 2 fully saturated rings. The first-order valence-corrected chi connectivity index (χ1v) is 7.39. The minimum absolute atomic E-state index is 0.282. The van der Waals surface area contributed by atoms with Crippen LogP contribution in [0.5, 0.6) is 0 Å². The van der Waals surface area contributed by atoms with Crippen molar-refractivity contribution in [1.82, 2.24) is 15.1 Å². The van der Waals surface area contributed by atoms with Crippen LogP contribution in [0.2, 0.25) is 0 Å². The maximum Gasteiger partial charge on any atom is 0.319 e. The quantitative estimate of drug-likeness (QED) is 0.814. The Labute approximate surface area is 111 Å². The molecule has 2 amide bonds. The summed E-state index contributed by atoms with van der Waals surface area (Å²) in [5, 5.41) is 3.24. The lowest BCUT2D eigenvalue weighted by atomic mass is 9.96. The van der Waals surface area contributed by atoms with Crippen LogP contribution in [0.1, 0.15) is 32.6 Å². The van der Waals surface area contributed by atoms with E-state index in [4.69, 9.17) is 0 Å². The molecular weight excluding hydrogens is 226 g/mol. The SMILES string of the molecule is CNCC1CCN(C(=O)N2CCC(C)CC2)CC1. The maximum atomic E-state index is 12.4. The Morgan fingerprint density at radius 3 is 2.06 bits per heavy atom. The number of amides is 2. The van der Waals surface area contributed by atoms with Gasteiger partial charge in [0.15, 0.2) is 0 Å². The molecule has 2 heterocycles. The van der Waals surface area contributed by atoms with Gasteiger partial charge in [0, 0.05) is 26.2 Å². The lowest BCUT2D eigenvalue weighted by Crippen LogP contribution is -2.49. The number of carbonyl (C=O) groups is 1. The molecule has 18 heavy (non-hydrogen) atoms. The molecule has 2 saturated heterocycles. The summed E-state index contributed by atoms with van der Waals surface area (Å²) < 4.78 is 0. The van der Waals surface area contributed by atoms with Gasteiger partial charge in [-0.1, -0.05) is 6.92 Å². The van der Waals surface area contributed by atoms with E-state index >= 15 is 0 Å². The van der Waals surface area contributed by atoms with E-state index < -0.39 is 0 Å². The van der Waals surface area contributed by atoms with Crippen molar-refractivity contribution in [1.29, 1.82) is 0 Å². The summed E-state index contributed by atoms with van der Waals surface area (Å²) in [6.07, 6.45) is 4.64. The summed E-state index contributed by atoms with van der Waals surface area (Å²) >= 11 is 0. The fourth-order valence-corrected chi connectivity index (χ4v) is 3.02. The van der Waals surface area contributed by atoms with E-state index in [0.29, 0.717) is 0 Å². The molecule has 2 aliphatic heterocycles. The van der Waals surface area contributed by atoms with Gasteiger partial charge in [0.2, 0.25) is 0 Å². The van der Waals surface area contributed by atoms with Crippen molar-refractivity contribution >= 4 is 6.03 Å². The van der Waals surface area contributed by atoms with Gasteiger partial charge >= 0.3 is 6.03 Å². The highest BCUT2D eigenvalue weighted by Gasteiger charge is 2.27. The number of hydrogen-bond donors (Lipinski definition) is 1. The first-order chi connectivity index (χ1) is 8.70. The minimum atomic E-state index is 0.282. The van der Waals surface area contributed by atoms with E-state index in [1.54, 1.807) is 0 Å². The normalized spacial score (nSPS) is 23.4. The predicted molar refractivity (Wildman–Crippen MR) is 73.6 cm³/mol. The molecule has 0 bridgehead atoms. The Bertz CT molecular complexity index is 266. The van der Waals surface area contributed by atoms with Crippen LogP contribution in [-0.2, 0) is 0 Å². The Morgan fingerprint density at radius 1 is 1.06 bits per heavy atom. The molecule has 0 atom stereocenters. The Balaban J connectivity index is 1.77. The topological polar surface area (TPSA) is 35.6 Å². The number of urea groups is 1. The number of carbonyl (C=O) groups excluding carboxylic acids is 1. The highest BCUT2D eigenvalue weighted by atomic mass is 16.2. The van der Waals surface area contributed by atoms with Crippen LogP contribution < -0.4 is 5.32 Å². The molecule has 2 aliphatic rings. The zero-order chi connectivity index (χ0) is 13.0. The lowest BCUT2D eigenvalue weighted by molar-refractivity contribution is 0.118. The van der Waals surface area contributed by atoms with Crippen molar-refractivity contribution in [3.63, 3.8) is 0 Å². The Kier molecular flexibility index (Phi) is 4.87. The lowest BCUT2D eigenvalue weighted by Gasteiger charge is -2.38. The Hall–Kier alpha value is -0.770. The average Bonchev–Trinajstić information content (AvgIpc) is 2.40. The van der Waals surface area contributed by atoms with E-state index in [2.05, 4.69) is 22.0 Å². The van der Waals surface area contributed by atoms with Gasteiger partial charge in [-0.05, 0) is 51.1 Å². The molecule has 0 saturated carbocycles. The van der Waals surface area contributed by atoms with Crippen LogP contribution in [0.25, 0.3) is 0 Å². The Morgan fingerprint density at radius 2 is 1.56 bits per heavy atom. The predicted octanol–water partition coefficient (Wildman–Crippen LogP) is 1.77. The fraction of sp³-hybridized carbons (Fsp3) is 0.929. The van der Waals surface area contributed by atoms with Crippen LogP contribution in [0, 0.1) is 11.8 Å². The van der Waals surface area contributed by atoms with Crippen LogP contribution in [0.3, 0.4) is 0 Å². The first kappa shape index (κ1) is 13.7. The van der Waals surface area contributed by atoms with Crippen molar-refractivity contribution in [2.75, 3.05) is 39.8 Å². The van der Waals surface area contributed by atoms with Crippen LogP contribution in [-0.4, -0.2) is 55.6 Å². The van der Waals surface area contributed by atoms with Crippen LogP contribution in [0.4, 0.5) is 4.79 Å². The molecule has 0 aromatic carbocycles. The average molecular weight is 253 g/mol. The summed E-state index contributed by atoms with van der Waals surface area (Å²) in [6.45, 7) is 7.16. The second kappa shape index (κ2) is 6.41. The summed E-state index contributed by atoms with van der Waals surface area (Å²) in [5.41, 5.74) is 0. The van der Waals surface area contributed by atoms with E-state index in [1.807, 2.05) is 7.05 Å². The fourth-order valence-electron chi connectivity index (χ4n) is 3.02. The minimum Gasteiger partial charge on any atom is -0.325 e. The summed E-state index contributed by atoms with van der Waals surface area (Å²) in [7, 11) is 2.01. The molecule has 4 nitrogen and oxygen atoms in total. The molecule has 0 radical (unpaired) electrons. The largest absolute Gasteiger partial charge is 0.325 e. The summed E-state index contributed by atoms with van der Waals surface area (Å²) in [6, 6.07) is 0.282. The maximum absolute atomic E-state index is 12.4. The van der Waals surface area contributed by atoms with E-state index in [0.717, 1.165) is 57.4 Å². The van der Waals surface area contributed by atoms with Crippen LogP contribution >= 0.6 is 0 Å². The van der Waals surface area contributed by atoms with Gasteiger partial charge in [0.1, 0.15) is 0 Å². The number of rotatable bonds is 2. The number of hydrogen-bond acceptors (Lipinski definition) is 2. The van der Waals surface area contributed by atoms with E-state index in [1.165, 1.54) is 12.8 Å². The summed E-state index contributed by atoms with van der Waals surface area (Å²) in [4.78, 5) is 16.5. The van der Waals surface area contributed by atoms with Gasteiger partial charge in [0.05, 0.1) is 0 Å². The van der Waals surface area contributed by atoms with Crippen molar-refractivity contribution in [3.05, 3.63) is 0 Å². The third-order valence-corrected chi connectivity index (χ3v) is 4.43. The molecule has 1 N–H and O–H groups in total. The highest BCUT2D eigenvalue weighted by molar-refractivity contribution is 5.74. The molecule has 0 spiro atoms. The second-order valence-electron chi connectivity index (χ2n) is 5.94. The zero-order valence-corrected chi connectivity index (χ0v) is 11.8. The zero-order valence-electron chi connectivity index (χ0n) is 11.8. The van der Waals surface area contributed by atoms with Gasteiger partial charge in [0.25, 0.3) is 0 Å². The molecule has 104 valence electrons. The molecule has 0 aromatic rings. The van der Waals surface area contributed by atoms with Gasteiger partial charge in [-0.2, -0.15) is 0 Å². The van der Waals surface area contributed by atoms with E-state index in [-0.39, 0.29) is 6.03 Å². The summed E-state index contributed by atoms with van der Waals surface area (Å²) in [5.74, 6) is 1.54. The third-order valence-electron chi connectivity index (χ3n) is 4.43. The molecule has 4 heteroatoms. The van der Waals surface area contributed by atoms with Gasteiger partial charge < -0.3 is 15.1 Å². The molecule has 0 aliphatic carbocycles. The number of piperidine rings is 2. The van der Waals surface area contributed by atoms with E-state index in [9.17, 15) is 4.79 Å². The van der Waals surface area contributed by atoms with Crippen LogP contribution in [0.15, 0.2) is 0 Å². The molecule has 2 rings (SSSR count). The standard InChI is InChI=1S/C14H27N3O/c1-12-3-7-16(8-4-12)14(18)17-9-5-13(6-10-17)11-15-2/h12-13,15H,3-11H2,1-2H3. The second-order valence-corrected chi connectivity index (χ2v) is 5.94. The molecular formula is C14H27N3O. The van der Waals surface area contributed by atoms with Crippen molar-refractivity contribution in [2.45, 2.75) is 32.6 Å². The van der Waals surface area contributed by atoms with Crippen molar-refractivity contribution in [3.8, 4) is 0 Å². The van der Waals surface area contributed by atoms with Crippen molar-refractivity contribution < 1.29 is 4.79 Å². The number of likely N-dealkylation sites (tertiary alicyclic amines) is 2. The van der Waals surface area contributed by atoms with Gasteiger partial charge in [-0.3, -0.25) is 0 Å². The first-order valence-electron chi connectivity index (χ1n) is 7.39. The number of nitrogens with zero attached hydrogens (tertiary/aromatic N) is 2. The molecule has 0 unspecified atom stereocenters. The van der Waals surface area contributed by atoms with Crippen molar-refractivity contribution in [2.24, 2.45) is 11.8 Å².